The standard InChI is InChI=1S/C20H35N5/c1-3-25(4-2)20(21)22-12-8-9-13-23-14-16-24(17-15-23)18-19-10-6-5-7-11-19/h5-7,10-11H,3-4,8-9,12-18H2,1-2H3,(H2,21,22). The van der Waals surface area contributed by atoms with Crippen molar-refractivity contribution in [2.45, 2.75) is 33.2 Å². The molecular formula is C20H35N5. The van der Waals surface area contributed by atoms with Crippen molar-refractivity contribution in [3.05, 3.63) is 35.9 Å². The van der Waals surface area contributed by atoms with Gasteiger partial charge in [0.15, 0.2) is 5.96 Å². The van der Waals surface area contributed by atoms with E-state index in [-0.39, 0.29) is 0 Å². The van der Waals surface area contributed by atoms with Crippen LogP contribution in [0.3, 0.4) is 0 Å². The van der Waals surface area contributed by atoms with Gasteiger partial charge in [-0.05, 0) is 38.8 Å². The first-order valence-electron chi connectivity index (χ1n) is 9.76. The van der Waals surface area contributed by atoms with Crippen LogP contribution in [-0.2, 0) is 6.54 Å². The molecule has 5 heteroatoms. The molecule has 0 saturated carbocycles. The molecule has 0 unspecified atom stereocenters. The Morgan fingerprint density at radius 1 is 1.00 bits per heavy atom. The normalized spacial score (nSPS) is 17.0. The van der Waals surface area contributed by atoms with Crippen LogP contribution in [0, 0.1) is 0 Å². The highest BCUT2D eigenvalue weighted by Crippen LogP contribution is 2.09. The Bertz CT molecular complexity index is 490. The Labute approximate surface area is 153 Å². The van der Waals surface area contributed by atoms with E-state index in [4.69, 9.17) is 5.73 Å². The van der Waals surface area contributed by atoms with Crippen molar-refractivity contribution in [1.29, 1.82) is 0 Å². The summed E-state index contributed by atoms with van der Waals surface area (Å²) in [5.41, 5.74) is 7.42. The van der Waals surface area contributed by atoms with E-state index < -0.39 is 0 Å². The number of nitrogens with two attached hydrogens (primary N) is 1. The lowest BCUT2D eigenvalue weighted by Gasteiger charge is -2.34. The van der Waals surface area contributed by atoms with Crippen LogP contribution in [-0.4, -0.2) is 73.0 Å². The Kier molecular flexibility index (Phi) is 8.77. The molecule has 0 spiro atoms. The van der Waals surface area contributed by atoms with Gasteiger partial charge in [0.05, 0.1) is 0 Å². The third kappa shape index (κ3) is 7.04. The predicted molar refractivity (Wildman–Crippen MR) is 107 cm³/mol. The van der Waals surface area contributed by atoms with Crippen LogP contribution in [0.25, 0.3) is 0 Å². The molecule has 1 aliphatic heterocycles. The highest BCUT2D eigenvalue weighted by molar-refractivity contribution is 5.77. The molecule has 0 radical (unpaired) electrons. The smallest absolute Gasteiger partial charge is 0.191 e. The zero-order valence-corrected chi connectivity index (χ0v) is 16.0. The fourth-order valence-corrected chi connectivity index (χ4v) is 3.30. The van der Waals surface area contributed by atoms with Crippen molar-refractivity contribution in [2.24, 2.45) is 10.7 Å². The van der Waals surface area contributed by atoms with E-state index in [1.54, 1.807) is 0 Å². The fourth-order valence-electron chi connectivity index (χ4n) is 3.30. The number of benzene rings is 1. The molecule has 5 nitrogen and oxygen atoms in total. The summed E-state index contributed by atoms with van der Waals surface area (Å²) in [5.74, 6) is 0.694. The Balaban J connectivity index is 1.57. The van der Waals surface area contributed by atoms with Crippen LogP contribution < -0.4 is 5.73 Å². The molecule has 1 fully saturated rings. The van der Waals surface area contributed by atoms with Crippen LogP contribution in [0.15, 0.2) is 35.3 Å². The number of guanidine groups is 1. The SMILES string of the molecule is CCN(CC)C(N)=NCCCCN1CCN(Cc2ccccc2)CC1. The largest absolute Gasteiger partial charge is 0.370 e. The summed E-state index contributed by atoms with van der Waals surface area (Å²) in [5, 5.41) is 0. The van der Waals surface area contributed by atoms with E-state index in [0.717, 1.165) is 32.6 Å². The molecule has 1 saturated heterocycles. The first-order valence-corrected chi connectivity index (χ1v) is 9.76. The first-order chi connectivity index (χ1) is 12.2. The van der Waals surface area contributed by atoms with Gasteiger partial charge in [-0.2, -0.15) is 0 Å². The van der Waals surface area contributed by atoms with E-state index >= 15 is 0 Å². The number of hydrogen-bond acceptors (Lipinski definition) is 3. The molecule has 0 amide bonds. The molecule has 140 valence electrons. The minimum absolute atomic E-state index is 0.694. The lowest BCUT2D eigenvalue weighted by Crippen LogP contribution is -2.46. The zero-order valence-electron chi connectivity index (χ0n) is 16.0. The Morgan fingerprint density at radius 2 is 1.64 bits per heavy atom. The number of nitrogens with zero attached hydrogens (tertiary/aromatic N) is 4. The minimum Gasteiger partial charge on any atom is -0.370 e. The van der Waals surface area contributed by atoms with Crippen LogP contribution >= 0.6 is 0 Å². The summed E-state index contributed by atoms with van der Waals surface area (Å²) in [6, 6.07) is 10.8. The Hall–Kier alpha value is -1.59. The number of rotatable bonds is 9. The summed E-state index contributed by atoms with van der Waals surface area (Å²) in [7, 11) is 0. The van der Waals surface area contributed by atoms with Gasteiger partial charge in [-0.25, -0.2) is 0 Å². The van der Waals surface area contributed by atoms with Crippen LogP contribution in [0.4, 0.5) is 0 Å². The van der Waals surface area contributed by atoms with Gasteiger partial charge in [0.2, 0.25) is 0 Å². The van der Waals surface area contributed by atoms with Crippen LogP contribution in [0.1, 0.15) is 32.3 Å². The van der Waals surface area contributed by atoms with Gasteiger partial charge >= 0.3 is 0 Å². The molecule has 2 N–H and O–H groups in total. The average molecular weight is 346 g/mol. The maximum atomic E-state index is 6.00. The van der Waals surface area contributed by atoms with Crippen molar-refractivity contribution >= 4 is 5.96 Å². The molecule has 0 aliphatic carbocycles. The quantitative estimate of drug-likeness (QED) is 0.424. The third-order valence-electron chi connectivity index (χ3n) is 4.96. The van der Waals surface area contributed by atoms with E-state index in [1.165, 1.54) is 44.7 Å². The molecule has 1 aromatic rings. The molecule has 2 rings (SSSR count). The summed E-state index contributed by atoms with van der Waals surface area (Å²) < 4.78 is 0. The van der Waals surface area contributed by atoms with Gasteiger partial charge in [0, 0.05) is 52.4 Å². The monoisotopic (exact) mass is 345 g/mol. The van der Waals surface area contributed by atoms with E-state index in [1.807, 2.05) is 0 Å². The third-order valence-corrected chi connectivity index (χ3v) is 4.96. The van der Waals surface area contributed by atoms with Crippen LogP contribution in [0.2, 0.25) is 0 Å². The van der Waals surface area contributed by atoms with Gasteiger partial charge in [0.25, 0.3) is 0 Å². The van der Waals surface area contributed by atoms with Crippen molar-refractivity contribution in [3.8, 4) is 0 Å². The van der Waals surface area contributed by atoms with Gasteiger partial charge < -0.3 is 15.5 Å². The second kappa shape index (κ2) is 11.1. The van der Waals surface area contributed by atoms with Crippen molar-refractivity contribution in [1.82, 2.24) is 14.7 Å². The van der Waals surface area contributed by atoms with Gasteiger partial charge in [0.1, 0.15) is 0 Å². The highest BCUT2D eigenvalue weighted by atomic mass is 15.3. The van der Waals surface area contributed by atoms with Crippen molar-refractivity contribution < 1.29 is 0 Å². The Morgan fingerprint density at radius 3 is 2.28 bits per heavy atom. The van der Waals surface area contributed by atoms with Crippen molar-refractivity contribution in [2.75, 3.05) is 52.4 Å². The number of piperazine rings is 1. The minimum atomic E-state index is 0.694. The van der Waals surface area contributed by atoms with Gasteiger partial charge in [-0.3, -0.25) is 9.89 Å². The summed E-state index contributed by atoms with van der Waals surface area (Å²) >= 11 is 0. The molecule has 25 heavy (non-hydrogen) atoms. The van der Waals surface area contributed by atoms with E-state index in [2.05, 4.69) is 63.9 Å². The number of hydrogen-bond donors (Lipinski definition) is 1. The second-order valence-electron chi connectivity index (χ2n) is 6.72. The lowest BCUT2D eigenvalue weighted by molar-refractivity contribution is 0.126. The predicted octanol–water partition coefficient (Wildman–Crippen LogP) is 2.24. The number of unbranched alkanes of at least 4 members (excludes halogenated alkanes) is 1. The number of aliphatic imine (C=N–C) groups is 1. The molecule has 1 aliphatic rings. The maximum absolute atomic E-state index is 6.00. The second-order valence-corrected chi connectivity index (χ2v) is 6.72. The molecule has 0 aromatic heterocycles. The lowest BCUT2D eigenvalue weighted by atomic mass is 10.2. The van der Waals surface area contributed by atoms with E-state index in [0.29, 0.717) is 5.96 Å². The molecule has 1 heterocycles. The summed E-state index contributed by atoms with van der Waals surface area (Å²) in [6.45, 7) is 13.9. The first kappa shape index (κ1) is 19.7. The summed E-state index contributed by atoms with van der Waals surface area (Å²) in [4.78, 5) is 11.7. The van der Waals surface area contributed by atoms with Crippen molar-refractivity contribution in [3.63, 3.8) is 0 Å². The van der Waals surface area contributed by atoms with E-state index in [9.17, 15) is 0 Å². The maximum Gasteiger partial charge on any atom is 0.191 e. The molecular weight excluding hydrogens is 310 g/mol. The fraction of sp³-hybridized carbons (Fsp3) is 0.650. The molecule has 0 atom stereocenters. The van der Waals surface area contributed by atoms with Gasteiger partial charge in [-0.15, -0.1) is 0 Å². The van der Waals surface area contributed by atoms with Crippen LogP contribution in [0.5, 0.6) is 0 Å². The highest BCUT2D eigenvalue weighted by Gasteiger charge is 2.16. The average Bonchev–Trinajstić information content (AvgIpc) is 2.65. The topological polar surface area (TPSA) is 48.1 Å². The summed E-state index contributed by atoms with van der Waals surface area (Å²) in [6.07, 6.45) is 2.32. The molecule has 1 aromatic carbocycles. The molecule has 0 bridgehead atoms. The zero-order chi connectivity index (χ0) is 17.9. The van der Waals surface area contributed by atoms with Gasteiger partial charge in [-0.1, -0.05) is 30.3 Å².